The highest BCUT2D eigenvalue weighted by atomic mass is 16.6. The smallest absolute Gasteiger partial charge is 0.415 e. The fraction of sp³-hybridized carbons (Fsp3) is 0.500. The molecule has 0 aliphatic carbocycles. The fourth-order valence-electron chi connectivity index (χ4n) is 2.29. The largest absolute Gasteiger partial charge is 0.465 e. The van der Waals surface area contributed by atoms with Gasteiger partial charge in [0.2, 0.25) is 0 Å². The highest BCUT2D eigenvalue weighted by Gasteiger charge is 2.18. The number of hydrogen-bond acceptors (Lipinski definition) is 6. The van der Waals surface area contributed by atoms with E-state index >= 15 is 0 Å². The fourth-order valence-corrected chi connectivity index (χ4v) is 2.29. The molecule has 7 nitrogen and oxygen atoms in total. The Morgan fingerprint density at radius 2 is 1.91 bits per heavy atom. The van der Waals surface area contributed by atoms with Crippen LogP contribution in [0.3, 0.4) is 0 Å². The van der Waals surface area contributed by atoms with Crippen molar-refractivity contribution in [3.63, 3.8) is 0 Å². The van der Waals surface area contributed by atoms with Gasteiger partial charge >= 0.3 is 12.1 Å². The lowest BCUT2D eigenvalue weighted by Crippen LogP contribution is -2.47. The number of nitrogens with two attached hydrogens (primary N) is 1. The van der Waals surface area contributed by atoms with Crippen LogP contribution in [0.5, 0.6) is 5.75 Å². The van der Waals surface area contributed by atoms with Crippen molar-refractivity contribution in [3.8, 4) is 5.75 Å². The van der Waals surface area contributed by atoms with Crippen molar-refractivity contribution in [2.75, 3.05) is 32.8 Å². The minimum atomic E-state index is -0.691. The number of nitrogens with one attached hydrogen (secondary N) is 1. The predicted octanol–water partition coefficient (Wildman–Crippen LogP) is 0.524. The molecule has 0 radical (unpaired) electrons. The lowest BCUT2D eigenvalue weighted by molar-refractivity contribution is -0.144. The first-order chi connectivity index (χ1) is 11.1. The zero-order valence-corrected chi connectivity index (χ0v) is 13.3. The molecule has 1 heterocycles. The molecule has 23 heavy (non-hydrogen) atoms. The molecular weight excluding hydrogens is 298 g/mol. The summed E-state index contributed by atoms with van der Waals surface area (Å²) in [4.78, 5) is 25.2. The van der Waals surface area contributed by atoms with E-state index < -0.39 is 12.0 Å². The van der Waals surface area contributed by atoms with Crippen LogP contribution in [0.25, 0.3) is 0 Å². The van der Waals surface area contributed by atoms with Gasteiger partial charge in [0.15, 0.2) is 0 Å². The van der Waals surface area contributed by atoms with Crippen molar-refractivity contribution in [2.24, 2.45) is 5.73 Å². The van der Waals surface area contributed by atoms with Crippen LogP contribution in [0.15, 0.2) is 24.3 Å². The lowest BCUT2D eigenvalue weighted by atomic mass is 10.1. The van der Waals surface area contributed by atoms with Crippen molar-refractivity contribution in [1.29, 1.82) is 0 Å². The highest BCUT2D eigenvalue weighted by molar-refractivity contribution is 5.76. The minimum Gasteiger partial charge on any atom is -0.465 e. The molecule has 1 aliphatic rings. The Balaban J connectivity index is 1.86. The van der Waals surface area contributed by atoms with E-state index in [1.54, 1.807) is 36.1 Å². The van der Waals surface area contributed by atoms with Crippen LogP contribution in [0, 0.1) is 0 Å². The normalized spacial score (nSPS) is 15.8. The molecule has 0 aromatic heterocycles. The van der Waals surface area contributed by atoms with Crippen LogP contribution >= 0.6 is 0 Å². The average Bonchev–Trinajstić information content (AvgIpc) is 2.57. The predicted molar refractivity (Wildman–Crippen MR) is 85.2 cm³/mol. The number of benzene rings is 1. The van der Waals surface area contributed by atoms with Crippen molar-refractivity contribution >= 4 is 12.1 Å². The first-order valence-corrected chi connectivity index (χ1v) is 7.78. The number of hydrogen-bond donors (Lipinski definition) is 2. The van der Waals surface area contributed by atoms with Gasteiger partial charge in [0, 0.05) is 26.2 Å². The zero-order valence-electron chi connectivity index (χ0n) is 13.3. The topological polar surface area (TPSA) is 93.9 Å². The quantitative estimate of drug-likeness (QED) is 0.768. The van der Waals surface area contributed by atoms with Gasteiger partial charge in [0.25, 0.3) is 0 Å². The number of carbonyl (C=O) groups is 2. The van der Waals surface area contributed by atoms with E-state index in [4.69, 9.17) is 15.2 Å². The summed E-state index contributed by atoms with van der Waals surface area (Å²) in [6, 6.07) is 6.30. The second-order valence-electron chi connectivity index (χ2n) is 5.31. The Kier molecular flexibility index (Phi) is 6.37. The van der Waals surface area contributed by atoms with E-state index in [1.807, 2.05) is 0 Å². The average molecular weight is 321 g/mol. The van der Waals surface area contributed by atoms with Crippen molar-refractivity contribution < 1.29 is 19.1 Å². The monoisotopic (exact) mass is 321 g/mol. The zero-order chi connectivity index (χ0) is 16.7. The van der Waals surface area contributed by atoms with E-state index in [0.717, 1.165) is 18.7 Å². The Morgan fingerprint density at radius 1 is 1.26 bits per heavy atom. The van der Waals surface area contributed by atoms with Crippen LogP contribution in [-0.4, -0.2) is 55.8 Å². The number of ether oxygens (including phenoxy) is 2. The van der Waals surface area contributed by atoms with Crippen LogP contribution in [0.1, 0.15) is 12.5 Å². The number of carbonyl (C=O) groups excluding carboxylic acids is 2. The summed E-state index contributed by atoms with van der Waals surface area (Å²) in [5.41, 5.74) is 6.66. The molecule has 1 amide bonds. The molecule has 7 heteroatoms. The molecule has 1 aromatic carbocycles. The second-order valence-corrected chi connectivity index (χ2v) is 5.31. The molecule has 0 bridgehead atoms. The number of rotatable bonds is 5. The van der Waals surface area contributed by atoms with E-state index in [-0.39, 0.29) is 6.09 Å². The molecule has 1 atom stereocenters. The third kappa shape index (κ3) is 5.22. The molecule has 0 spiro atoms. The van der Waals surface area contributed by atoms with Crippen LogP contribution < -0.4 is 15.8 Å². The summed E-state index contributed by atoms with van der Waals surface area (Å²) in [5, 5.41) is 3.18. The molecule has 126 valence electrons. The molecule has 1 aliphatic heterocycles. The minimum absolute atomic E-state index is 0.313. The summed E-state index contributed by atoms with van der Waals surface area (Å²) >= 11 is 0. The highest BCUT2D eigenvalue weighted by Crippen LogP contribution is 2.15. The van der Waals surface area contributed by atoms with Crippen molar-refractivity contribution in [3.05, 3.63) is 29.8 Å². The Bertz CT molecular complexity index is 527. The van der Waals surface area contributed by atoms with E-state index in [1.165, 1.54) is 0 Å². The number of nitrogens with zero attached hydrogens (tertiary/aromatic N) is 1. The van der Waals surface area contributed by atoms with Gasteiger partial charge in [-0.25, -0.2) is 4.79 Å². The maximum absolute atomic E-state index is 12.0. The van der Waals surface area contributed by atoms with Gasteiger partial charge in [-0.05, 0) is 31.0 Å². The molecule has 0 unspecified atom stereocenters. The molecule has 2 rings (SSSR count). The third-order valence-corrected chi connectivity index (χ3v) is 3.55. The number of piperazine rings is 1. The first-order valence-electron chi connectivity index (χ1n) is 7.78. The van der Waals surface area contributed by atoms with E-state index in [0.29, 0.717) is 31.9 Å². The molecular formula is C16H23N3O4. The SMILES string of the molecule is CCOC(=O)[C@@H](N)Cc1ccc(OC(=O)N2CCNCC2)cc1. The summed E-state index contributed by atoms with van der Waals surface area (Å²) in [6.45, 7) is 4.90. The van der Waals surface area contributed by atoms with Crippen LogP contribution in [0.4, 0.5) is 4.79 Å². The first kappa shape index (κ1) is 17.2. The lowest BCUT2D eigenvalue weighted by Gasteiger charge is -2.26. The summed E-state index contributed by atoms with van der Waals surface area (Å²) in [5.74, 6) is 0.0590. The van der Waals surface area contributed by atoms with Gasteiger partial charge in [-0.1, -0.05) is 12.1 Å². The van der Waals surface area contributed by atoms with Gasteiger partial charge in [-0.2, -0.15) is 0 Å². The van der Waals surface area contributed by atoms with Gasteiger partial charge in [-0.15, -0.1) is 0 Å². The Labute approximate surface area is 135 Å². The van der Waals surface area contributed by atoms with Gasteiger partial charge in [0.05, 0.1) is 6.61 Å². The van der Waals surface area contributed by atoms with Crippen molar-refractivity contribution in [2.45, 2.75) is 19.4 Å². The molecule has 1 aromatic rings. The second kappa shape index (κ2) is 8.50. The molecule has 1 fully saturated rings. The standard InChI is InChI=1S/C16H23N3O4/c1-2-22-15(20)14(17)11-12-3-5-13(6-4-12)23-16(21)19-9-7-18-8-10-19/h3-6,14,18H,2,7-11,17H2,1H3/t14-/m0/s1. The summed E-state index contributed by atoms with van der Waals surface area (Å²) in [7, 11) is 0. The van der Waals surface area contributed by atoms with Crippen molar-refractivity contribution in [1.82, 2.24) is 10.2 Å². The number of amides is 1. The third-order valence-electron chi connectivity index (χ3n) is 3.55. The van der Waals surface area contributed by atoms with E-state index in [2.05, 4.69) is 5.32 Å². The summed E-state index contributed by atoms with van der Waals surface area (Å²) in [6.07, 6.45) is 0.0349. The van der Waals surface area contributed by atoms with Gasteiger partial charge in [0.1, 0.15) is 11.8 Å². The van der Waals surface area contributed by atoms with Crippen LogP contribution in [-0.2, 0) is 16.0 Å². The maximum atomic E-state index is 12.0. The number of esters is 1. The van der Waals surface area contributed by atoms with Gasteiger partial charge in [-0.3, -0.25) is 4.79 Å². The Hall–Kier alpha value is -2.12. The van der Waals surface area contributed by atoms with E-state index in [9.17, 15) is 9.59 Å². The van der Waals surface area contributed by atoms with Crippen LogP contribution in [0.2, 0.25) is 0 Å². The molecule has 3 N–H and O–H groups in total. The summed E-state index contributed by atoms with van der Waals surface area (Å²) < 4.78 is 10.2. The maximum Gasteiger partial charge on any atom is 0.415 e. The molecule has 0 saturated carbocycles. The van der Waals surface area contributed by atoms with Gasteiger partial charge < -0.3 is 25.4 Å². The Morgan fingerprint density at radius 3 is 2.52 bits per heavy atom. The molecule has 1 saturated heterocycles.